The van der Waals surface area contributed by atoms with Crippen LogP contribution in [0.15, 0.2) is 78.0 Å². The van der Waals surface area contributed by atoms with Crippen LogP contribution in [0.3, 0.4) is 0 Å². The number of sulfonamides is 1. The van der Waals surface area contributed by atoms with Crippen LogP contribution in [0.1, 0.15) is 37.2 Å². The van der Waals surface area contributed by atoms with Crippen molar-refractivity contribution in [3.05, 3.63) is 90.0 Å². The summed E-state index contributed by atoms with van der Waals surface area (Å²) in [5.41, 5.74) is 3.53. The van der Waals surface area contributed by atoms with Gasteiger partial charge in [-0.1, -0.05) is 56.3 Å². The van der Waals surface area contributed by atoms with E-state index >= 15 is 0 Å². The molecule has 0 saturated heterocycles. The summed E-state index contributed by atoms with van der Waals surface area (Å²) < 4.78 is 36.2. The van der Waals surface area contributed by atoms with Crippen molar-refractivity contribution in [2.45, 2.75) is 51.3 Å². The number of carbonyl (C=O) groups is 1. The van der Waals surface area contributed by atoms with E-state index in [1.807, 2.05) is 61.7 Å². The van der Waals surface area contributed by atoms with Crippen LogP contribution in [0.5, 0.6) is 0 Å². The number of aromatic nitrogens is 3. The molecule has 0 aliphatic rings. The van der Waals surface area contributed by atoms with E-state index in [1.54, 1.807) is 36.7 Å². The predicted molar refractivity (Wildman–Crippen MR) is 138 cm³/mol. The minimum atomic E-state index is -3.93. The fourth-order valence-electron chi connectivity index (χ4n) is 3.99. The summed E-state index contributed by atoms with van der Waals surface area (Å²) in [6, 6.07) is 16.8. The molecule has 0 aliphatic heterocycles. The number of carbonyl (C=O) groups excluding carboxylic acids is 1. The van der Waals surface area contributed by atoms with Gasteiger partial charge in [-0.15, -0.1) is 0 Å². The van der Waals surface area contributed by atoms with Crippen molar-refractivity contribution in [2.75, 3.05) is 0 Å². The first-order chi connectivity index (χ1) is 17.2. The molecule has 0 saturated carbocycles. The number of ether oxygens (including phenoxy) is 1. The predicted octanol–water partition coefficient (Wildman–Crippen LogP) is 4.22. The molecule has 4 aromatic rings. The normalized spacial score (nSPS) is 12.7. The first-order valence-corrected chi connectivity index (χ1v) is 13.3. The Morgan fingerprint density at radius 1 is 1.03 bits per heavy atom. The van der Waals surface area contributed by atoms with Gasteiger partial charge in [-0.3, -0.25) is 9.78 Å². The minimum Gasteiger partial charge on any atom is -0.460 e. The van der Waals surface area contributed by atoms with Gasteiger partial charge in [-0.05, 0) is 48.6 Å². The maximum absolute atomic E-state index is 13.1. The number of esters is 1. The third-order valence-corrected chi connectivity index (χ3v) is 7.32. The Balaban J connectivity index is 1.46. The molecule has 1 atom stereocenters. The average molecular weight is 507 g/mol. The van der Waals surface area contributed by atoms with E-state index in [4.69, 9.17) is 4.74 Å². The van der Waals surface area contributed by atoms with Crippen molar-refractivity contribution in [2.24, 2.45) is 5.92 Å². The highest BCUT2D eigenvalue weighted by Crippen LogP contribution is 2.19. The molecule has 2 aromatic heterocycles. The number of aryl methyl sites for hydroxylation is 1. The van der Waals surface area contributed by atoms with E-state index in [9.17, 15) is 13.2 Å². The Morgan fingerprint density at radius 3 is 2.44 bits per heavy atom. The molecule has 1 N–H and O–H groups in total. The second-order valence-electron chi connectivity index (χ2n) is 9.15. The lowest BCUT2D eigenvalue weighted by Crippen LogP contribution is -2.42. The van der Waals surface area contributed by atoms with Gasteiger partial charge in [0.05, 0.1) is 22.1 Å². The number of hydrogen-bond donors (Lipinski definition) is 1. The molecule has 8 nitrogen and oxygen atoms in total. The second-order valence-corrected chi connectivity index (χ2v) is 10.9. The number of nitrogens with zero attached hydrogens (tertiary/aromatic N) is 3. The Labute approximate surface area is 211 Å². The Morgan fingerprint density at radius 2 is 1.75 bits per heavy atom. The number of rotatable bonds is 10. The summed E-state index contributed by atoms with van der Waals surface area (Å²) in [6.07, 6.45) is 3.80. The number of pyridine rings is 1. The van der Waals surface area contributed by atoms with Crippen molar-refractivity contribution in [3.8, 4) is 0 Å². The molecular weight excluding hydrogens is 476 g/mol. The summed E-state index contributed by atoms with van der Waals surface area (Å²) in [5.74, 6) is 0.345. The lowest BCUT2D eigenvalue weighted by molar-refractivity contribution is -0.147. The molecule has 0 spiro atoms. The molecule has 0 unspecified atom stereocenters. The van der Waals surface area contributed by atoms with Gasteiger partial charge in [0.2, 0.25) is 10.0 Å². The molecule has 0 aliphatic carbocycles. The molecule has 0 radical (unpaired) electrons. The molecule has 0 bridgehead atoms. The van der Waals surface area contributed by atoms with Gasteiger partial charge in [0, 0.05) is 12.7 Å². The lowest BCUT2D eigenvalue weighted by Gasteiger charge is -2.19. The maximum Gasteiger partial charge on any atom is 0.324 e. The van der Waals surface area contributed by atoms with Crippen LogP contribution in [0.4, 0.5) is 0 Å². The molecular formula is C27H30N4O4S. The Bertz CT molecular complexity index is 1430. The SMILES string of the molecule is Cc1nc2ccncc2n1Cc1ccc(S(=O)(=O)N[C@@H](CC(C)C)C(=O)OCc2ccccc2)cc1. The number of hydrogen-bond acceptors (Lipinski definition) is 6. The van der Waals surface area contributed by atoms with E-state index in [2.05, 4.69) is 14.7 Å². The highest BCUT2D eigenvalue weighted by Gasteiger charge is 2.28. The first-order valence-electron chi connectivity index (χ1n) is 11.8. The van der Waals surface area contributed by atoms with Crippen LogP contribution >= 0.6 is 0 Å². The third kappa shape index (κ3) is 6.16. The van der Waals surface area contributed by atoms with Gasteiger partial charge in [0.25, 0.3) is 0 Å². The van der Waals surface area contributed by atoms with Crippen LogP contribution in [0.25, 0.3) is 11.0 Å². The second kappa shape index (κ2) is 11.0. The first kappa shape index (κ1) is 25.5. The zero-order valence-corrected chi connectivity index (χ0v) is 21.4. The molecule has 9 heteroatoms. The number of nitrogens with one attached hydrogen (secondary N) is 1. The monoisotopic (exact) mass is 506 g/mol. The van der Waals surface area contributed by atoms with Crippen molar-refractivity contribution < 1.29 is 17.9 Å². The van der Waals surface area contributed by atoms with Crippen molar-refractivity contribution in [1.82, 2.24) is 19.3 Å². The molecule has 4 rings (SSSR count). The summed E-state index contributed by atoms with van der Waals surface area (Å²) in [7, 11) is -3.93. The third-order valence-electron chi connectivity index (χ3n) is 5.83. The van der Waals surface area contributed by atoms with Crippen molar-refractivity contribution in [3.63, 3.8) is 0 Å². The van der Waals surface area contributed by atoms with E-state index in [0.717, 1.165) is 28.0 Å². The topological polar surface area (TPSA) is 103 Å². The largest absolute Gasteiger partial charge is 0.460 e. The fourth-order valence-corrected chi connectivity index (χ4v) is 5.19. The smallest absolute Gasteiger partial charge is 0.324 e. The van der Waals surface area contributed by atoms with Crippen molar-refractivity contribution in [1.29, 1.82) is 0 Å². The molecule has 188 valence electrons. The van der Waals surface area contributed by atoms with E-state index in [1.165, 1.54) is 0 Å². The van der Waals surface area contributed by atoms with E-state index < -0.39 is 22.0 Å². The van der Waals surface area contributed by atoms with Crippen LogP contribution in [0.2, 0.25) is 0 Å². The minimum absolute atomic E-state index is 0.0859. The van der Waals surface area contributed by atoms with Gasteiger partial charge < -0.3 is 9.30 Å². The Kier molecular flexibility index (Phi) is 7.81. The zero-order valence-electron chi connectivity index (χ0n) is 20.6. The summed E-state index contributed by atoms with van der Waals surface area (Å²) in [4.78, 5) is 21.6. The summed E-state index contributed by atoms with van der Waals surface area (Å²) in [5, 5.41) is 0. The van der Waals surface area contributed by atoms with Crippen LogP contribution < -0.4 is 4.72 Å². The van der Waals surface area contributed by atoms with Gasteiger partial charge in [0.1, 0.15) is 18.5 Å². The molecule has 2 aromatic carbocycles. The molecule has 0 fully saturated rings. The highest BCUT2D eigenvalue weighted by molar-refractivity contribution is 7.89. The van der Waals surface area contributed by atoms with Gasteiger partial charge in [-0.2, -0.15) is 4.72 Å². The number of imidazole rings is 1. The quantitative estimate of drug-likeness (QED) is 0.323. The molecule has 36 heavy (non-hydrogen) atoms. The average Bonchev–Trinajstić information content (AvgIpc) is 3.17. The maximum atomic E-state index is 13.1. The number of benzene rings is 2. The number of fused-ring (bicyclic) bond motifs is 1. The lowest BCUT2D eigenvalue weighted by atomic mass is 10.1. The van der Waals surface area contributed by atoms with E-state index in [-0.39, 0.29) is 17.4 Å². The van der Waals surface area contributed by atoms with E-state index in [0.29, 0.717) is 13.0 Å². The molecule has 0 amide bonds. The van der Waals surface area contributed by atoms with Crippen LogP contribution in [0, 0.1) is 12.8 Å². The fraction of sp³-hybridized carbons (Fsp3) is 0.296. The van der Waals surface area contributed by atoms with Gasteiger partial charge in [0.15, 0.2) is 0 Å². The van der Waals surface area contributed by atoms with Crippen LogP contribution in [-0.2, 0) is 32.7 Å². The zero-order chi connectivity index (χ0) is 25.7. The standard InChI is InChI=1S/C27H30N4O4S/c1-19(2)15-25(27(32)35-18-22-7-5-4-6-8-22)30-36(33,34)23-11-9-21(10-12-23)17-31-20(3)29-24-13-14-28-16-26(24)31/h4-14,16,19,25,30H,15,17-18H2,1-3H3/t25-/m0/s1. The highest BCUT2D eigenvalue weighted by atomic mass is 32.2. The summed E-state index contributed by atoms with van der Waals surface area (Å²) in [6.45, 7) is 6.40. The molecule has 2 heterocycles. The Hall–Kier alpha value is -3.56. The van der Waals surface area contributed by atoms with Gasteiger partial charge >= 0.3 is 5.97 Å². The van der Waals surface area contributed by atoms with Crippen molar-refractivity contribution >= 4 is 27.0 Å². The van der Waals surface area contributed by atoms with Crippen LogP contribution in [-0.4, -0.2) is 35.0 Å². The van der Waals surface area contributed by atoms with Gasteiger partial charge in [-0.25, -0.2) is 13.4 Å². The summed E-state index contributed by atoms with van der Waals surface area (Å²) >= 11 is 0.